The number of fused-ring (bicyclic) bond motifs is 1. The first-order valence-corrected chi connectivity index (χ1v) is 7.03. The van der Waals surface area contributed by atoms with Crippen LogP contribution in [-0.2, 0) is 5.60 Å². The average Bonchev–Trinajstić information content (AvgIpc) is 2.83. The number of aliphatic hydroxyl groups is 1. The van der Waals surface area contributed by atoms with E-state index in [9.17, 15) is 5.11 Å². The average molecular weight is 269 g/mol. The first kappa shape index (κ1) is 11.5. The lowest BCUT2D eigenvalue weighted by molar-refractivity contribution is 0.0396. The van der Waals surface area contributed by atoms with Gasteiger partial charge in [-0.3, -0.25) is 0 Å². The minimum Gasteiger partial charge on any atom is -0.458 e. The smallest absolute Gasteiger partial charge is 0.137 e. The molecule has 2 unspecified atom stereocenters. The van der Waals surface area contributed by atoms with Crippen LogP contribution in [0, 0.1) is 0 Å². The Bertz CT molecular complexity index is 566. The molecule has 1 aliphatic heterocycles. The van der Waals surface area contributed by atoms with E-state index in [0.717, 1.165) is 17.4 Å². The molecule has 0 amide bonds. The van der Waals surface area contributed by atoms with E-state index in [2.05, 4.69) is 6.92 Å². The van der Waals surface area contributed by atoms with Crippen LogP contribution in [0.15, 0.2) is 28.7 Å². The van der Waals surface area contributed by atoms with Crippen LogP contribution in [0.4, 0.5) is 0 Å². The highest BCUT2D eigenvalue weighted by atomic mass is 35.5. The minimum absolute atomic E-state index is 0.469. The first-order chi connectivity index (χ1) is 8.07. The summed E-state index contributed by atoms with van der Waals surface area (Å²) in [5, 5.41) is 12.7. The van der Waals surface area contributed by atoms with Gasteiger partial charge in [0.25, 0.3) is 0 Å². The Morgan fingerprint density at radius 3 is 3.00 bits per heavy atom. The van der Waals surface area contributed by atoms with E-state index in [4.69, 9.17) is 16.0 Å². The summed E-state index contributed by atoms with van der Waals surface area (Å²) in [7, 11) is 0. The molecule has 1 N–H and O–H groups in total. The molecule has 0 bridgehead atoms. The predicted molar refractivity (Wildman–Crippen MR) is 71.7 cm³/mol. The van der Waals surface area contributed by atoms with Crippen molar-refractivity contribution in [2.75, 3.05) is 5.75 Å². The maximum atomic E-state index is 10.6. The highest BCUT2D eigenvalue weighted by molar-refractivity contribution is 8.00. The summed E-state index contributed by atoms with van der Waals surface area (Å²) in [6, 6.07) is 7.40. The van der Waals surface area contributed by atoms with Crippen LogP contribution in [0.5, 0.6) is 0 Å². The van der Waals surface area contributed by atoms with Gasteiger partial charge in [0.05, 0.1) is 0 Å². The highest BCUT2D eigenvalue weighted by Crippen LogP contribution is 2.43. The van der Waals surface area contributed by atoms with E-state index in [1.807, 2.05) is 18.2 Å². The van der Waals surface area contributed by atoms with Crippen LogP contribution < -0.4 is 0 Å². The van der Waals surface area contributed by atoms with Crippen molar-refractivity contribution in [3.8, 4) is 0 Å². The molecular weight excluding hydrogens is 256 g/mol. The number of hydrogen-bond donors (Lipinski definition) is 1. The number of rotatable bonds is 1. The van der Waals surface area contributed by atoms with Gasteiger partial charge in [-0.25, -0.2) is 0 Å². The van der Waals surface area contributed by atoms with E-state index in [0.29, 0.717) is 21.8 Å². The van der Waals surface area contributed by atoms with E-state index < -0.39 is 5.60 Å². The summed E-state index contributed by atoms with van der Waals surface area (Å²) >= 11 is 7.71. The van der Waals surface area contributed by atoms with Crippen molar-refractivity contribution in [3.63, 3.8) is 0 Å². The SMILES string of the molecule is CC1CC(O)(c2cc3cc(Cl)ccc3o2)CS1. The Morgan fingerprint density at radius 2 is 2.29 bits per heavy atom. The second kappa shape index (κ2) is 3.94. The van der Waals surface area contributed by atoms with Gasteiger partial charge in [-0.05, 0) is 30.7 Å². The Hall–Kier alpha value is -0.640. The molecule has 0 radical (unpaired) electrons. The Morgan fingerprint density at radius 1 is 1.47 bits per heavy atom. The molecule has 0 spiro atoms. The zero-order chi connectivity index (χ0) is 12.0. The maximum absolute atomic E-state index is 10.6. The number of furan rings is 1. The Labute approximate surface area is 109 Å². The molecule has 1 saturated heterocycles. The van der Waals surface area contributed by atoms with Crippen LogP contribution in [0.1, 0.15) is 19.1 Å². The maximum Gasteiger partial charge on any atom is 0.137 e. The van der Waals surface area contributed by atoms with E-state index in [1.54, 1.807) is 17.8 Å². The molecule has 1 aromatic heterocycles. The normalized spacial score (nSPS) is 29.0. The van der Waals surface area contributed by atoms with Crippen molar-refractivity contribution in [3.05, 3.63) is 35.0 Å². The van der Waals surface area contributed by atoms with Gasteiger partial charge in [-0.15, -0.1) is 0 Å². The monoisotopic (exact) mass is 268 g/mol. The molecule has 2 nitrogen and oxygen atoms in total. The van der Waals surface area contributed by atoms with Gasteiger partial charge in [0.2, 0.25) is 0 Å². The fraction of sp³-hybridized carbons (Fsp3) is 0.385. The van der Waals surface area contributed by atoms with Crippen molar-refractivity contribution in [2.45, 2.75) is 24.2 Å². The molecule has 3 rings (SSSR count). The van der Waals surface area contributed by atoms with Gasteiger partial charge in [-0.1, -0.05) is 18.5 Å². The van der Waals surface area contributed by atoms with Gasteiger partial charge >= 0.3 is 0 Å². The van der Waals surface area contributed by atoms with Crippen molar-refractivity contribution in [2.24, 2.45) is 0 Å². The third-order valence-electron chi connectivity index (χ3n) is 3.17. The number of thioether (sulfide) groups is 1. The molecule has 2 atom stereocenters. The van der Waals surface area contributed by atoms with Gasteiger partial charge < -0.3 is 9.52 Å². The van der Waals surface area contributed by atoms with Crippen molar-refractivity contribution < 1.29 is 9.52 Å². The number of benzene rings is 1. The third-order valence-corrected chi connectivity index (χ3v) is 4.78. The molecular formula is C13H13ClO2S. The lowest BCUT2D eigenvalue weighted by Gasteiger charge is -2.18. The quantitative estimate of drug-likeness (QED) is 0.854. The molecule has 1 aromatic carbocycles. The van der Waals surface area contributed by atoms with E-state index in [-0.39, 0.29) is 0 Å². The zero-order valence-corrected chi connectivity index (χ0v) is 11.0. The summed E-state index contributed by atoms with van der Waals surface area (Å²) < 4.78 is 5.74. The second-order valence-electron chi connectivity index (χ2n) is 4.65. The minimum atomic E-state index is -0.824. The molecule has 2 aromatic rings. The molecule has 0 aliphatic carbocycles. The van der Waals surface area contributed by atoms with Crippen LogP contribution in [0.2, 0.25) is 5.02 Å². The predicted octanol–water partition coefficient (Wildman–Crippen LogP) is 3.80. The zero-order valence-electron chi connectivity index (χ0n) is 9.44. The summed E-state index contributed by atoms with van der Waals surface area (Å²) in [6.45, 7) is 2.13. The molecule has 0 saturated carbocycles. The summed E-state index contributed by atoms with van der Waals surface area (Å²) in [6.07, 6.45) is 0.741. The van der Waals surface area contributed by atoms with Gasteiger partial charge in [0, 0.05) is 21.4 Å². The van der Waals surface area contributed by atoms with E-state index >= 15 is 0 Å². The van der Waals surface area contributed by atoms with Gasteiger partial charge in [0.1, 0.15) is 16.9 Å². The van der Waals surface area contributed by atoms with E-state index in [1.165, 1.54) is 0 Å². The van der Waals surface area contributed by atoms with Crippen LogP contribution in [0.3, 0.4) is 0 Å². The Kier molecular flexibility index (Phi) is 2.65. The van der Waals surface area contributed by atoms with Crippen molar-refractivity contribution in [1.82, 2.24) is 0 Å². The molecule has 1 fully saturated rings. The first-order valence-electron chi connectivity index (χ1n) is 5.60. The highest BCUT2D eigenvalue weighted by Gasteiger charge is 2.40. The standard InChI is InChI=1S/C13H13ClO2S/c1-8-6-13(15,7-17-8)12-5-9-4-10(14)2-3-11(9)16-12/h2-5,8,15H,6-7H2,1H3. The van der Waals surface area contributed by atoms with Crippen molar-refractivity contribution >= 4 is 34.3 Å². The van der Waals surface area contributed by atoms with Crippen LogP contribution >= 0.6 is 23.4 Å². The third kappa shape index (κ3) is 1.96. The largest absolute Gasteiger partial charge is 0.458 e. The molecule has 1 aliphatic rings. The fourth-order valence-corrected chi connectivity index (χ4v) is 3.68. The molecule has 2 heterocycles. The molecule has 17 heavy (non-hydrogen) atoms. The number of halogens is 1. The van der Waals surface area contributed by atoms with Gasteiger partial charge in [0.15, 0.2) is 0 Å². The van der Waals surface area contributed by atoms with Gasteiger partial charge in [-0.2, -0.15) is 11.8 Å². The molecule has 4 heteroatoms. The lowest BCUT2D eigenvalue weighted by atomic mass is 9.97. The second-order valence-corrected chi connectivity index (χ2v) is 6.51. The lowest BCUT2D eigenvalue weighted by Crippen LogP contribution is -2.24. The number of hydrogen-bond acceptors (Lipinski definition) is 3. The fourth-order valence-electron chi connectivity index (χ4n) is 2.29. The van der Waals surface area contributed by atoms with Crippen LogP contribution in [0.25, 0.3) is 11.0 Å². The topological polar surface area (TPSA) is 33.4 Å². The summed E-state index contributed by atoms with van der Waals surface area (Å²) in [4.78, 5) is 0. The summed E-state index contributed by atoms with van der Waals surface area (Å²) in [5.41, 5.74) is -0.0439. The summed E-state index contributed by atoms with van der Waals surface area (Å²) in [5.74, 6) is 1.36. The van der Waals surface area contributed by atoms with Crippen molar-refractivity contribution in [1.29, 1.82) is 0 Å². The Balaban J connectivity index is 2.06. The molecule has 90 valence electrons. The van der Waals surface area contributed by atoms with Crippen LogP contribution in [-0.4, -0.2) is 16.1 Å².